The molecule has 0 aromatic heterocycles. The molecule has 0 aromatic carbocycles. The Morgan fingerprint density at radius 1 is 0.632 bits per heavy atom. The van der Waals surface area contributed by atoms with Crippen molar-refractivity contribution in [3.05, 3.63) is 0 Å². The molecule has 108 valence electrons. The van der Waals surface area contributed by atoms with Gasteiger partial charge in [-0.1, -0.05) is 41.5 Å². The van der Waals surface area contributed by atoms with E-state index in [4.69, 9.17) is 10.2 Å². The van der Waals surface area contributed by atoms with Gasteiger partial charge in [0.15, 0.2) is 0 Å². The van der Waals surface area contributed by atoms with Gasteiger partial charge in [0.25, 0.3) is 11.6 Å². The molecule has 6 heteroatoms. The number of carboxylic acids is 2. The van der Waals surface area contributed by atoms with Crippen LogP contribution in [0, 0.1) is 16.2 Å². The summed E-state index contributed by atoms with van der Waals surface area (Å²) in [4.78, 5) is 46.4. The van der Waals surface area contributed by atoms with Crippen LogP contribution < -0.4 is 0 Å². The lowest BCUT2D eigenvalue weighted by Crippen LogP contribution is -2.61. The second kappa shape index (κ2) is 4.75. The maximum absolute atomic E-state index is 12.1. The first kappa shape index (κ1) is 17.3. The van der Waals surface area contributed by atoms with Gasteiger partial charge in [-0.25, -0.2) is 9.59 Å². The topological polar surface area (TPSA) is 109 Å². The largest absolute Gasteiger partial charge is 0.475 e. The van der Waals surface area contributed by atoms with Crippen molar-refractivity contribution in [2.75, 3.05) is 0 Å². The molecule has 0 unspecified atom stereocenters. The Kier molecular flexibility index (Phi) is 4.32. The number of carboxylic acid groups (broad SMARTS) is 2. The summed E-state index contributed by atoms with van der Waals surface area (Å²) in [5, 5.41) is 18.0. The zero-order valence-electron chi connectivity index (χ0n) is 12.0. The Labute approximate surface area is 111 Å². The monoisotopic (exact) mass is 272 g/mol. The van der Waals surface area contributed by atoms with E-state index in [1.807, 2.05) is 0 Å². The number of Topliss-reactive ketones (excluding diaryl/α,β-unsaturated/α-hetero) is 2. The van der Waals surface area contributed by atoms with Crippen LogP contribution >= 0.6 is 0 Å². The molecule has 0 heterocycles. The average Bonchev–Trinajstić information content (AvgIpc) is 2.12. The van der Waals surface area contributed by atoms with E-state index >= 15 is 0 Å². The van der Waals surface area contributed by atoms with Gasteiger partial charge < -0.3 is 10.2 Å². The molecule has 0 saturated heterocycles. The van der Waals surface area contributed by atoms with E-state index in [0.717, 1.165) is 0 Å². The molecule has 0 aliphatic carbocycles. The Morgan fingerprint density at radius 2 is 0.842 bits per heavy atom. The highest BCUT2D eigenvalue weighted by atomic mass is 16.4. The maximum Gasteiger partial charge on any atom is 0.373 e. The number of hydrogen-bond donors (Lipinski definition) is 2. The van der Waals surface area contributed by atoms with Crippen molar-refractivity contribution in [1.82, 2.24) is 0 Å². The SMILES string of the molecule is CC(C)(C)C(C(=O)C(=O)O)(C(=O)C(=O)O)C(C)(C)C. The van der Waals surface area contributed by atoms with E-state index in [2.05, 4.69) is 0 Å². The van der Waals surface area contributed by atoms with Crippen LogP contribution in [-0.2, 0) is 19.2 Å². The predicted octanol–water partition coefficient (Wildman–Crippen LogP) is 1.37. The third-order valence-electron chi connectivity index (χ3n) is 3.32. The van der Waals surface area contributed by atoms with Crippen molar-refractivity contribution in [2.45, 2.75) is 41.5 Å². The van der Waals surface area contributed by atoms with Gasteiger partial charge in [-0.2, -0.15) is 0 Å². The summed E-state index contributed by atoms with van der Waals surface area (Å²) < 4.78 is 0. The number of rotatable bonds is 4. The molecular weight excluding hydrogens is 252 g/mol. The summed E-state index contributed by atoms with van der Waals surface area (Å²) in [6.07, 6.45) is 0. The van der Waals surface area contributed by atoms with Gasteiger partial charge in [0.2, 0.25) is 0 Å². The molecule has 0 bridgehead atoms. The Balaban J connectivity index is 6.57. The molecule has 0 radical (unpaired) electrons. The molecule has 0 amide bonds. The number of carbonyl (C=O) groups is 4. The highest BCUT2D eigenvalue weighted by Gasteiger charge is 2.64. The fourth-order valence-corrected chi connectivity index (χ4v) is 2.91. The van der Waals surface area contributed by atoms with Crippen LogP contribution in [0.15, 0.2) is 0 Å². The van der Waals surface area contributed by atoms with Crippen molar-refractivity contribution in [2.24, 2.45) is 16.2 Å². The quantitative estimate of drug-likeness (QED) is 0.591. The van der Waals surface area contributed by atoms with Crippen LogP contribution in [0.1, 0.15) is 41.5 Å². The molecule has 0 atom stereocenters. The van der Waals surface area contributed by atoms with Crippen LogP contribution in [0.5, 0.6) is 0 Å². The highest BCUT2D eigenvalue weighted by molar-refractivity contribution is 6.49. The fourth-order valence-electron chi connectivity index (χ4n) is 2.91. The van der Waals surface area contributed by atoms with E-state index in [1.54, 1.807) is 0 Å². The molecule has 2 N–H and O–H groups in total. The lowest BCUT2D eigenvalue weighted by molar-refractivity contribution is -0.176. The molecular formula is C13H20O6. The van der Waals surface area contributed by atoms with Crippen molar-refractivity contribution in [3.8, 4) is 0 Å². The number of ketones is 2. The van der Waals surface area contributed by atoms with Gasteiger partial charge in [-0.05, 0) is 10.8 Å². The smallest absolute Gasteiger partial charge is 0.373 e. The first-order valence-electron chi connectivity index (χ1n) is 5.76. The second-order valence-electron chi connectivity index (χ2n) is 6.52. The Bertz CT molecular complexity index is 391. The second-order valence-corrected chi connectivity index (χ2v) is 6.52. The van der Waals surface area contributed by atoms with Gasteiger partial charge in [0.05, 0.1) is 0 Å². The van der Waals surface area contributed by atoms with Gasteiger partial charge in [-0.3, -0.25) is 9.59 Å². The fraction of sp³-hybridized carbons (Fsp3) is 0.692. The molecule has 0 fully saturated rings. The number of carbonyl (C=O) groups excluding carboxylic acids is 2. The molecule has 0 aliphatic heterocycles. The summed E-state index contributed by atoms with van der Waals surface area (Å²) in [5.74, 6) is -6.39. The zero-order valence-corrected chi connectivity index (χ0v) is 12.0. The normalized spacial score (nSPS) is 12.9. The van der Waals surface area contributed by atoms with Gasteiger partial charge in [0, 0.05) is 0 Å². The molecule has 6 nitrogen and oxygen atoms in total. The van der Waals surface area contributed by atoms with E-state index in [-0.39, 0.29) is 0 Å². The van der Waals surface area contributed by atoms with E-state index in [1.165, 1.54) is 41.5 Å². The molecule has 0 saturated carbocycles. The molecule has 0 aromatic rings. The van der Waals surface area contributed by atoms with Gasteiger partial charge in [0.1, 0.15) is 5.41 Å². The van der Waals surface area contributed by atoms with E-state index in [0.29, 0.717) is 0 Å². The maximum atomic E-state index is 12.1. The van der Waals surface area contributed by atoms with E-state index in [9.17, 15) is 19.2 Å². The third-order valence-corrected chi connectivity index (χ3v) is 3.32. The van der Waals surface area contributed by atoms with Crippen LogP contribution in [0.25, 0.3) is 0 Å². The molecule has 0 aliphatic rings. The molecule has 19 heavy (non-hydrogen) atoms. The van der Waals surface area contributed by atoms with Crippen molar-refractivity contribution < 1.29 is 29.4 Å². The number of hydrogen-bond acceptors (Lipinski definition) is 4. The van der Waals surface area contributed by atoms with Crippen LogP contribution in [0.3, 0.4) is 0 Å². The van der Waals surface area contributed by atoms with Crippen molar-refractivity contribution in [3.63, 3.8) is 0 Å². The molecule has 0 spiro atoms. The first-order valence-corrected chi connectivity index (χ1v) is 5.76. The molecule has 0 rings (SSSR count). The minimum atomic E-state index is -2.14. The minimum absolute atomic E-state index is 1.16. The van der Waals surface area contributed by atoms with Gasteiger partial charge >= 0.3 is 11.9 Å². The average molecular weight is 272 g/mol. The summed E-state index contributed by atoms with van der Waals surface area (Å²) in [6.45, 7) is 8.92. The minimum Gasteiger partial charge on any atom is -0.475 e. The van der Waals surface area contributed by atoms with Gasteiger partial charge in [-0.15, -0.1) is 0 Å². The lowest BCUT2D eigenvalue weighted by atomic mass is 9.50. The summed E-state index contributed by atoms with van der Waals surface area (Å²) in [7, 11) is 0. The van der Waals surface area contributed by atoms with Crippen LogP contribution in [-0.4, -0.2) is 33.7 Å². The third kappa shape index (κ3) is 2.52. The first-order chi connectivity index (χ1) is 8.21. The lowest BCUT2D eigenvalue weighted by Gasteiger charge is -2.48. The van der Waals surface area contributed by atoms with Crippen LogP contribution in [0.2, 0.25) is 0 Å². The predicted molar refractivity (Wildman–Crippen MR) is 66.6 cm³/mol. The number of aliphatic carboxylic acids is 2. The highest BCUT2D eigenvalue weighted by Crippen LogP contribution is 2.53. The summed E-state index contributed by atoms with van der Waals surface area (Å²) in [6, 6.07) is 0. The summed E-state index contributed by atoms with van der Waals surface area (Å²) in [5.41, 5.74) is -4.45. The van der Waals surface area contributed by atoms with Crippen LogP contribution in [0.4, 0.5) is 0 Å². The van der Waals surface area contributed by atoms with E-state index < -0.39 is 39.8 Å². The van der Waals surface area contributed by atoms with Crippen molar-refractivity contribution >= 4 is 23.5 Å². The summed E-state index contributed by atoms with van der Waals surface area (Å²) >= 11 is 0. The Hall–Kier alpha value is -1.72. The zero-order chi connectivity index (χ0) is 15.8. The van der Waals surface area contributed by atoms with Crippen molar-refractivity contribution in [1.29, 1.82) is 0 Å². The standard InChI is InChI=1S/C13H20O6/c1-11(2,3)13(12(4,5)6,7(14)9(16)17)8(15)10(18)19/h1-6H3,(H,16,17)(H,18,19). The Morgan fingerprint density at radius 3 is 0.947 bits per heavy atom.